The number of nitrogens with zero attached hydrogens (tertiary/aromatic N) is 1. The molecular weight excluding hydrogens is 316 g/mol. The molecule has 1 N–H and O–H groups in total. The number of carbonyl (C=O) groups excluding carboxylic acids is 1. The van der Waals surface area contributed by atoms with Gasteiger partial charge < -0.3 is 5.32 Å². The van der Waals surface area contributed by atoms with Crippen LogP contribution in [0.5, 0.6) is 0 Å². The largest absolute Gasteiger partial charge is 0.326 e. The lowest BCUT2D eigenvalue weighted by Crippen LogP contribution is -2.11. The van der Waals surface area contributed by atoms with Crippen LogP contribution in [0.2, 0.25) is 5.02 Å². The summed E-state index contributed by atoms with van der Waals surface area (Å²) in [7, 11) is 0. The third-order valence-corrected chi connectivity index (χ3v) is 3.94. The van der Waals surface area contributed by atoms with Gasteiger partial charge in [0.05, 0.1) is 0 Å². The van der Waals surface area contributed by atoms with E-state index in [1.165, 1.54) is 5.56 Å². The van der Waals surface area contributed by atoms with Gasteiger partial charge in [0.2, 0.25) is 5.91 Å². The minimum Gasteiger partial charge on any atom is -0.326 e. The average molecular weight is 331 g/mol. The normalized spacial score (nSPS) is 10.0. The van der Waals surface area contributed by atoms with E-state index in [-0.39, 0.29) is 5.91 Å². The van der Waals surface area contributed by atoms with Gasteiger partial charge in [0, 0.05) is 22.0 Å². The van der Waals surface area contributed by atoms with Gasteiger partial charge >= 0.3 is 0 Å². The fraction of sp³-hybridized carbons (Fsp3) is 0.176. The number of amides is 1. The molecule has 2 rings (SSSR count). The van der Waals surface area contributed by atoms with Crippen molar-refractivity contribution in [2.45, 2.75) is 24.2 Å². The predicted molar refractivity (Wildman–Crippen MR) is 90.9 cm³/mol. The van der Waals surface area contributed by atoms with Crippen LogP contribution in [0.15, 0.2) is 53.4 Å². The number of carbonyl (C=O) groups is 1. The Hall–Kier alpha value is -1.96. The number of benzene rings is 2. The molecule has 0 atom stereocenters. The summed E-state index contributed by atoms with van der Waals surface area (Å²) in [6.07, 6.45) is 2.11. The second-order valence-electron chi connectivity index (χ2n) is 4.75. The van der Waals surface area contributed by atoms with Crippen LogP contribution in [-0.2, 0) is 11.2 Å². The van der Waals surface area contributed by atoms with E-state index in [1.54, 1.807) is 12.1 Å². The molecule has 0 fully saturated rings. The van der Waals surface area contributed by atoms with Crippen molar-refractivity contribution in [2.75, 3.05) is 5.32 Å². The molecule has 0 heterocycles. The number of rotatable bonds is 6. The lowest BCUT2D eigenvalue weighted by Gasteiger charge is -2.06. The summed E-state index contributed by atoms with van der Waals surface area (Å²) in [5.41, 5.74) is 1.92. The highest BCUT2D eigenvalue weighted by molar-refractivity contribution is 8.03. The van der Waals surface area contributed by atoms with Crippen molar-refractivity contribution in [3.63, 3.8) is 0 Å². The zero-order valence-corrected chi connectivity index (χ0v) is 13.5. The maximum atomic E-state index is 11.9. The monoisotopic (exact) mass is 330 g/mol. The highest BCUT2D eigenvalue weighted by Gasteiger charge is 2.03. The SMILES string of the molecule is N#CSc1ccc(NC(=O)CCCc2ccc(Cl)cc2)cc1. The number of anilines is 1. The smallest absolute Gasteiger partial charge is 0.224 e. The number of hydrogen-bond acceptors (Lipinski definition) is 3. The van der Waals surface area contributed by atoms with E-state index >= 15 is 0 Å². The first-order valence-electron chi connectivity index (χ1n) is 6.87. The Labute approximate surface area is 139 Å². The number of hydrogen-bond donors (Lipinski definition) is 1. The Morgan fingerprint density at radius 2 is 1.82 bits per heavy atom. The second-order valence-corrected chi connectivity index (χ2v) is 6.04. The average Bonchev–Trinajstić information content (AvgIpc) is 2.51. The molecule has 0 radical (unpaired) electrons. The predicted octanol–water partition coefficient (Wildman–Crippen LogP) is 4.87. The molecule has 0 aliphatic rings. The molecule has 5 heteroatoms. The summed E-state index contributed by atoms with van der Waals surface area (Å²) in [5.74, 6) is -0.00495. The van der Waals surface area contributed by atoms with Crippen molar-refractivity contribution in [2.24, 2.45) is 0 Å². The van der Waals surface area contributed by atoms with Crippen molar-refractivity contribution in [3.05, 3.63) is 59.1 Å². The molecule has 3 nitrogen and oxygen atoms in total. The molecule has 0 aromatic heterocycles. The first kappa shape index (κ1) is 16.4. The van der Waals surface area contributed by atoms with Gasteiger partial charge in [0.1, 0.15) is 5.40 Å². The highest BCUT2D eigenvalue weighted by Crippen LogP contribution is 2.19. The summed E-state index contributed by atoms with van der Waals surface area (Å²) >= 11 is 6.93. The topological polar surface area (TPSA) is 52.9 Å². The van der Waals surface area contributed by atoms with Gasteiger partial charge in [-0.25, -0.2) is 0 Å². The quantitative estimate of drug-likeness (QED) is 0.607. The van der Waals surface area contributed by atoms with E-state index < -0.39 is 0 Å². The zero-order valence-electron chi connectivity index (χ0n) is 11.9. The molecule has 0 saturated carbocycles. The van der Waals surface area contributed by atoms with Gasteiger partial charge in [0.15, 0.2) is 0 Å². The summed E-state index contributed by atoms with van der Waals surface area (Å²) < 4.78 is 0. The molecule has 0 bridgehead atoms. The van der Waals surface area contributed by atoms with Crippen molar-refractivity contribution in [1.29, 1.82) is 5.26 Å². The molecule has 2 aromatic rings. The Morgan fingerprint density at radius 1 is 1.14 bits per heavy atom. The molecule has 2 aromatic carbocycles. The first-order valence-corrected chi connectivity index (χ1v) is 8.07. The minimum atomic E-state index is -0.00495. The molecule has 0 saturated heterocycles. The van der Waals surface area contributed by atoms with Crippen LogP contribution in [0.4, 0.5) is 5.69 Å². The lowest BCUT2D eigenvalue weighted by atomic mass is 10.1. The van der Waals surface area contributed by atoms with E-state index in [0.717, 1.165) is 40.2 Å². The van der Waals surface area contributed by atoms with E-state index in [0.29, 0.717) is 6.42 Å². The Kier molecular flexibility index (Phi) is 6.32. The van der Waals surface area contributed by atoms with Gasteiger partial charge in [-0.3, -0.25) is 4.79 Å². The Bertz CT molecular complexity index is 663. The minimum absolute atomic E-state index is 0.00495. The lowest BCUT2D eigenvalue weighted by molar-refractivity contribution is -0.116. The van der Waals surface area contributed by atoms with E-state index in [1.807, 2.05) is 41.8 Å². The van der Waals surface area contributed by atoms with Gasteiger partial charge in [-0.1, -0.05) is 23.7 Å². The highest BCUT2D eigenvalue weighted by atomic mass is 35.5. The molecular formula is C17H15ClN2OS. The maximum Gasteiger partial charge on any atom is 0.224 e. The fourth-order valence-electron chi connectivity index (χ4n) is 1.99. The first-order chi connectivity index (χ1) is 10.7. The van der Waals surface area contributed by atoms with Gasteiger partial charge in [0.25, 0.3) is 0 Å². The van der Waals surface area contributed by atoms with Crippen molar-refractivity contribution < 1.29 is 4.79 Å². The molecule has 0 aliphatic carbocycles. The maximum absolute atomic E-state index is 11.9. The number of nitriles is 1. The third-order valence-electron chi connectivity index (χ3n) is 3.08. The summed E-state index contributed by atoms with van der Waals surface area (Å²) in [6.45, 7) is 0. The molecule has 1 amide bonds. The third kappa shape index (κ3) is 5.44. The Balaban J connectivity index is 1.75. The van der Waals surface area contributed by atoms with Crippen molar-refractivity contribution in [3.8, 4) is 5.40 Å². The van der Waals surface area contributed by atoms with Crippen LogP contribution in [-0.4, -0.2) is 5.91 Å². The number of thiocyanates is 1. The second kappa shape index (κ2) is 8.47. The molecule has 112 valence electrons. The Morgan fingerprint density at radius 3 is 2.45 bits per heavy atom. The van der Waals surface area contributed by atoms with E-state index in [9.17, 15) is 4.79 Å². The van der Waals surface area contributed by atoms with Gasteiger partial charge in [-0.2, -0.15) is 5.26 Å². The van der Waals surface area contributed by atoms with Crippen LogP contribution in [0.3, 0.4) is 0 Å². The van der Waals surface area contributed by atoms with Gasteiger partial charge in [-0.15, -0.1) is 0 Å². The van der Waals surface area contributed by atoms with Crippen LogP contribution >= 0.6 is 23.4 Å². The molecule has 0 unspecified atom stereocenters. The molecule has 0 spiro atoms. The van der Waals surface area contributed by atoms with Crippen LogP contribution < -0.4 is 5.32 Å². The van der Waals surface area contributed by atoms with Gasteiger partial charge in [-0.05, 0) is 66.6 Å². The van der Waals surface area contributed by atoms with E-state index in [4.69, 9.17) is 16.9 Å². The number of thioether (sulfide) groups is 1. The standard InChI is InChI=1S/C17H15ClN2OS/c18-14-6-4-13(5-7-14)2-1-3-17(21)20-15-8-10-16(11-9-15)22-12-19/h4-11H,1-3H2,(H,20,21). The molecule has 22 heavy (non-hydrogen) atoms. The fourth-order valence-corrected chi connectivity index (χ4v) is 2.49. The van der Waals surface area contributed by atoms with Crippen molar-refractivity contribution in [1.82, 2.24) is 0 Å². The summed E-state index contributed by atoms with van der Waals surface area (Å²) in [6, 6.07) is 14.9. The van der Waals surface area contributed by atoms with Crippen LogP contribution in [0, 0.1) is 10.7 Å². The van der Waals surface area contributed by atoms with Crippen LogP contribution in [0.1, 0.15) is 18.4 Å². The van der Waals surface area contributed by atoms with Crippen LogP contribution in [0.25, 0.3) is 0 Å². The number of aryl methyl sites for hydroxylation is 1. The zero-order chi connectivity index (χ0) is 15.8. The van der Waals surface area contributed by atoms with E-state index in [2.05, 4.69) is 5.32 Å². The van der Waals surface area contributed by atoms with Crippen molar-refractivity contribution >= 4 is 35.0 Å². The number of nitrogens with one attached hydrogen (secondary N) is 1. The number of halogens is 1. The molecule has 0 aliphatic heterocycles. The summed E-state index contributed by atoms with van der Waals surface area (Å²) in [5, 5.41) is 14.2. The summed E-state index contributed by atoms with van der Waals surface area (Å²) in [4.78, 5) is 12.7.